The lowest BCUT2D eigenvalue weighted by molar-refractivity contribution is 0.0935. The molecule has 0 saturated carbocycles. The molecule has 10 heteroatoms. The van der Waals surface area contributed by atoms with Gasteiger partial charge in [0, 0.05) is 12.1 Å². The number of aromatic nitrogens is 2. The number of anilines is 2. The Morgan fingerprint density at radius 1 is 1.15 bits per heavy atom. The van der Waals surface area contributed by atoms with Gasteiger partial charge in [0.25, 0.3) is 5.91 Å². The number of methoxy groups -OCH3 is 2. The fourth-order valence-electron chi connectivity index (χ4n) is 2.74. The maximum Gasteiger partial charge on any atom is 0.272 e. The minimum Gasteiger partial charge on any atom is -0.497 e. The maximum absolute atomic E-state index is 12.2. The minimum atomic E-state index is -3.06. The Hall–Kier alpha value is -2.88. The number of rotatable bonds is 6. The Bertz CT molecular complexity index is 931. The van der Waals surface area contributed by atoms with Crippen LogP contribution in [0.25, 0.3) is 0 Å². The van der Waals surface area contributed by atoms with E-state index in [4.69, 9.17) is 9.47 Å². The molecule has 1 fully saturated rings. The van der Waals surface area contributed by atoms with Crippen molar-refractivity contribution in [1.29, 1.82) is 0 Å². The van der Waals surface area contributed by atoms with Gasteiger partial charge in [-0.1, -0.05) is 0 Å². The molecule has 1 atom stereocenters. The summed E-state index contributed by atoms with van der Waals surface area (Å²) >= 11 is 0. The number of nitrogens with zero attached hydrogens (tertiary/aromatic N) is 2. The lowest BCUT2D eigenvalue weighted by Gasteiger charge is -2.12. The van der Waals surface area contributed by atoms with E-state index >= 15 is 0 Å². The van der Waals surface area contributed by atoms with Gasteiger partial charge < -0.3 is 20.1 Å². The zero-order chi connectivity index (χ0) is 19.4. The zero-order valence-corrected chi connectivity index (χ0v) is 15.7. The van der Waals surface area contributed by atoms with Crippen molar-refractivity contribution in [2.45, 2.75) is 12.5 Å². The van der Waals surface area contributed by atoms with E-state index < -0.39 is 15.7 Å². The molecule has 1 saturated heterocycles. The Morgan fingerprint density at radius 2 is 1.96 bits per heavy atom. The predicted octanol–water partition coefficient (Wildman–Crippen LogP) is 1.15. The Balaban J connectivity index is 1.68. The van der Waals surface area contributed by atoms with Gasteiger partial charge in [-0.25, -0.2) is 8.42 Å². The standard InChI is InChI=1S/C17H20N4O5S/c1-25-12-3-5-15(26-2)14(9-12)19-16-6-4-13(20-21-16)17(22)18-11-7-8-27(23,24)10-11/h3-6,9,11H,7-8,10H2,1-2H3,(H,18,22)(H,19,21). The molecule has 1 amide bonds. The van der Waals surface area contributed by atoms with E-state index in [9.17, 15) is 13.2 Å². The molecule has 1 aromatic heterocycles. The summed E-state index contributed by atoms with van der Waals surface area (Å²) in [5.41, 5.74) is 0.752. The Kier molecular flexibility index (Phi) is 5.45. The molecule has 0 radical (unpaired) electrons. The van der Waals surface area contributed by atoms with Crippen LogP contribution in [0.15, 0.2) is 30.3 Å². The average Bonchev–Trinajstić information content (AvgIpc) is 3.00. The van der Waals surface area contributed by atoms with Crippen molar-refractivity contribution in [3.63, 3.8) is 0 Å². The van der Waals surface area contributed by atoms with Gasteiger partial charge >= 0.3 is 0 Å². The summed E-state index contributed by atoms with van der Waals surface area (Å²) in [4.78, 5) is 12.2. The summed E-state index contributed by atoms with van der Waals surface area (Å²) in [6, 6.07) is 8.01. The molecule has 144 valence electrons. The van der Waals surface area contributed by atoms with Crippen LogP contribution in [0.1, 0.15) is 16.9 Å². The molecule has 2 aromatic rings. The predicted molar refractivity (Wildman–Crippen MR) is 99.4 cm³/mol. The summed E-state index contributed by atoms with van der Waals surface area (Å²) in [7, 11) is 0.0549. The summed E-state index contributed by atoms with van der Waals surface area (Å²) in [6.45, 7) is 0. The van der Waals surface area contributed by atoms with Crippen LogP contribution in [0, 0.1) is 0 Å². The highest BCUT2D eigenvalue weighted by molar-refractivity contribution is 7.91. The van der Waals surface area contributed by atoms with Gasteiger partial charge in [-0.15, -0.1) is 10.2 Å². The van der Waals surface area contributed by atoms with Gasteiger partial charge in [0.2, 0.25) is 0 Å². The second-order valence-electron chi connectivity index (χ2n) is 6.07. The minimum absolute atomic E-state index is 0.0402. The number of carbonyl (C=O) groups is 1. The summed E-state index contributed by atoms with van der Waals surface area (Å²) in [5.74, 6) is 1.27. The quantitative estimate of drug-likeness (QED) is 0.751. The van der Waals surface area contributed by atoms with E-state index in [-0.39, 0.29) is 23.2 Å². The molecule has 9 nitrogen and oxygen atoms in total. The van der Waals surface area contributed by atoms with Crippen molar-refractivity contribution in [2.24, 2.45) is 0 Å². The van der Waals surface area contributed by atoms with Crippen molar-refractivity contribution in [3.05, 3.63) is 36.0 Å². The molecule has 1 aromatic carbocycles. The summed E-state index contributed by atoms with van der Waals surface area (Å²) in [6.07, 6.45) is 0.413. The topological polar surface area (TPSA) is 120 Å². The third-order valence-electron chi connectivity index (χ3n) is 4.13. The number of hydrogen-bond donors (Lipinski definition) is 2. The van der Waals surface area contributed by atoms with Crippen LogP contribution >= 0.6 is 0 Å². The zero-order valence-electron chi connectivity index (χ0n) is 14.9. The second-order valence-corrected chi connectivity index (χ2v) is 8.30. The van der Waals surface area contributed by atoms with Gasteiger partial charge in [-0.3, -0.25) is 4.79 Å². The van der Waals surface area contributed by atoms with E-state index in [1.54, 1.807) is 38.5 Å². The van der Waals surface area contributed by atoms with Crippen LogP contribution in [-0.2, 0) is 9.84 Å². The van der Waals surface area contributed by atoms with E-state index in [1.807, 2.05) is 0 Å². The molecule has 3 rings (SSSR count). The highest BCUT2D eigenvalue weighted by Gasteiger charge is 2.29. The molecule has 1 aliphatic rings. The molecule has 1 aliphatic heterocycles. The molecule has 0 bridgehead atoms. The van der Waals surface area contributed by atoms with E-state index in [1.165, 1.54) is 6.07 Å². The van der Waals surface area contributed by atoms with E-state index in [0.29, 0.717) is 29.4 Å². The van der Waals surface area contributed by atoms with Gasteiger partial charge in [0.15, 0.2) is 21.3 Å². The van der Waals surface area contributed by atoms with Crippen LogP contribution in [0.3, 0.4) is 0 Å². The van der Waals surface area contributed by atoms with Crippen LogP contribution < -0.4 is 20.1 Å². The number of sulfone groups is 1. The molecule has 2 N–H and O–H groups in total. The van der Waals surface area contributed by atoms with Gasteiger partial charge in [-0.05, 0) is 30.7 Å². The first kappa shape index (κ1) is 18.9. The SMILES string of the molecule is COc1ccc(OC)c(Nc2ccc(C(=O)NC3CCS(=O)(=O)C3)nn2)c1. The Morgan fingerprint density at radius 3 is 2.56 bits per heavy atom. The van der Waals surface area contributed by atoms with Crippen molar-refractivity contribution >= 4 is 27.2 Å². The summed E-state index contributed by atoms with van der Waals surface area (Å²) < 4.78 is 33.4. The van der Waals surface area contributed by atoms with E-state index in [0.717, 1.165) is 0 Å². The monoisotopic (exact) mass is 392 g/mol. The lowest BCUT2D eigenvalue weighted by atomic mass is 10.2. The smallest absolute Gasteiger partial charge is 0.272 e. The number of hydrogen-bond acceptors (Lipinski definition) is 8. The largest absolute Gasteiger partial charge is 0.497 e. The van der Waals surface area contributed by atoms with Crippen LogP contribution in [0.2, 0.25) is 0 Å². The van der Waals surface area contributed by atoms with Crippen LogP contribution in [-0.4, -0.2) is 56.3 Å². The number of benzene rings is 1. The fraction of sp³-hybridized carbons (Fsp3) is 0.353. The van der Waals surface area contributed by atoms with Crippen LogP contribution in [0.4, 0.5) is 11.5 Å². The average molecular weight is 392 g/mol. The second kappa shape index (κ2) is 7.78. The van der Waals surface area contributed by atoms with Gasteiger partial charge in [0.05, 0.1) is 31.4 Å². The molecular formula is C17H20N4O5S. The van der Waals surface area contributed by atoms with Crippen molar-refractivity contribution in [1.82, 2.24) is 15.5 Å². The molecule has 0 spiro atoms. The number of ether oxygens (including phenoxy) is 2. The molecule has 0 aliphatic carbocycles. The third kappa shape index (κ3) is 4.64. The van der Waals surface area contributed by atoms with Crippen molar-refractivity contribution < 1.29 is 22.7 Å². The van der Waals surface area contributed by atoms with E-state index in [2.05, 4.69) is 20.8 Å². The highest BCUT2D eigenvalue weighted by Crippen LogP contribution is 2.30. The van der Waals surface area contributed by atoms with Crippen molar-refractivity contribution in [3.8, 4) is 11.5 Å². The normalized spacial score (nSPS) is 17.9. The van der Waals surface area contributed by atoms with Crippen LogP contribution in [0.5, 0.6) is 11.5 Å². The Labute approximate surface area is 157 Å². The first-order valence-electron chi connectivity index (χ1n) is 8.24. The third-order valence-corrected chi connectivity index (χ3v) is 5.90. The molecule has 27 heavy (non-hydrogen) atoms. The molecule has 1 unspecified atom stereocenters. The van der Waals surface area contributed by atoms with Crippen molar-refractivity contribution in [2.75, 3.05) is 31.0 Å². The first-order chi connectivity index (χ1) is 12.9. The maximum atomic E-state index is 12.2. The molecular weight excluding hydrogens is 372 g/mol. The highest BCUT2D eigenvalue weighted by atomic mass is 32.2. The number of nitrogens with one attached hydrogen (secondary N) is 2. The lowest BCUT2D eigenvalue weighted by Crippen LogP contribution is -2.36. The summed E-state index contributed by atoms with van der Waals surface area (Å²) in [5, 5.41) is 13.6. The number of amides is 1. The fourth-order valence-corrected chi connectivity index (χ4v) is 4.41. The first-order valence-corrected chi connectivity index (χ1v) is 10.1. The van der Waals surface area contributed by atoms with Gasteiger partial charge in [0.1, 0.15) is 11.5 Å². The van der Waals surface area contributed by atoms with Gasteiger partial charge in [-0.2, -0.15) is 0 Å². The molecule has 2 heterocycles. The number of carbonyl (C=O) groups excluding carboxylic acids is 1.